The standard InChI is InChI=1S/C8H17NO2/c1-7(2)5-11(10)6-8(3,4)9-7/h9H,5-6H2,1-4H3. The summed E-state index contributed by atoms with van der Waals surface area (Å²) < 4.78 is 1.90. The number of rotatable bonds is 0. The van der Waals surface area contributed by atoms with Crippen molar-refractivity contribution in [3.8, 4) is 0 Å². The lowest BCUT2D eigenvalue weighted by molar-refractivity contribution is -0.802. The Balaban J connectivity index is 2.66. The second-order valence-corrected chi connectivity index (χ2v) is 4.62. The summed E-state index contributed by atoms with van der Waals surface area (Å²) in [6.45, 7) is 9.13. The molecule has 0 bridgehead atoms. The molecule has 0 aromatic rings. The van der Waals surface area contributed by atoms with Gasteiger partial charge < -0.3 is 9.78 Å². The molecular weight excluding hydrogens is 142 g/mol. The van der Waals surface area contributed by atoms with Crippen molar-refractivity contribution in [2.45, 2.75) is 38.8 Å². The van der Waals surface area contributed by atoms with Crippen molar-refractivity contribution in [3.63, 3.8) is 0 Å². The van der Waals surface area contributed by atoms with Crippen molar-refractivity contribution in [3.05, 3.63) is 0 Å². The van der Waals surface area contributed by atoms with Crippen LogP contribution < -0.4 is 10.6 Å². The molecule has 0 spiro atoms. The molecule has 1 aliphatic rings. The van der Waals surface area contributed by atoms with Crippen LogP contribution in [0.15, 0.2) is 0 Å². The van der Waals surface area contributed by atoms with E-state index in [1.54, 1.807) is 0 Å². The predicted molar refractivity (Wildman–Crippen MR) is 42.1 cm³/mol. The quantitative estimate of drug-likeness (QED) is 0.398. The highest BCUT2D eigenvalue weighted by atomic mass is 17.2. The highest BCUT2D eigenvalue weighted by molar-refractivity contribution is 4.92. The third-order valence-corrected chi connectivity index (χ3v) is 1.72. The summed E-state index contributed by atoms with van der Waals surface area (Å²) in [4.78, 5) is 0. The summed E-state index contributed by atoms with van der Waals surface area (Å²) in [7, 11) is 0. The highest BCUT2D eigenvalue weighted by Crippen LogP contribution is 2.20. The van der Waals surface area contributed by atoms with Crippen molar-refractivity contribution in [2.24, 2.45) is 0 Å². The van der Waals surface area contributed by atoms with E-state index in [1.165, 1.54) is 0 Å². The Morgan fingerprint density at radius 3 is 1.73 bits per heavy atom. The Labute approximate surface area is 68.0 Å². The van der Waals surface area contributed by atoms with E-state index in [9.17, 15) is 5.26 Å². The molecule has 0 unspecified atom stereocenters. The lowest BCUT2D eigenvalue weighted by Crippen LogP contribution is -2.66. The molecule has 0 atom stereocenters. The van der Waals surface area contributed by atoms with Gasteiger partial charge in [0.1, 0.15) is 0 Å². The number of hydrogen-bond acceptors (Lipinski definition) is 2. The molecule has 11 heavy (non-hydrogen) atoms. The molecule has 3 heteroatoms. The average Bonchev–Trinajstić information content (AvgIpc) is 1.49. The van der Waals surface area contributed by atoms with Gasteiger partial charge in [-0.1, -0.05) is 0 Å². The van der Waals surface area contributed by atoms with Crippen molar-refractivity contribution in [2.75, 3.05) is 13.2 Å². The average molecular weight is 159 g/mol. The molecular formula is C8H17NO2. The topological polar surface area (TPSA) is 37.8 Å². The largest absolute Gasteiger partial charge is 0.534 e. The van der Waals surface area contributed by atoms with E-state index in [4.69, 9.17) is 0 Å². The van der Waals surface area contributed by atoms with Crippen LogP contribution in [0.4, 0.5) is 0 Å². The van der Waals surface area contributed by atoms with Gasteiger partial charge in [-0.05, 0) is 27.7 Å². The molecule has 1 fully saturated rings. The molecule has 0 saturated carbocycles. The molecule has 0 aromatic carbocycles. The van der Waals surface area contributed by atoms with Gasteiger partial charge in [0, 0.05) is 0 Å². The fraction of sp³-hybridized carbons (Fsp3) is 1.00. The van der Waals surface area contributed by atoms with Crippen molar-refractivity contribution in [1.29, 1.82) is 0 Å². The summed E-state index contributed by atoms with van der Waals surface area (Å²) in [5.74, 6) is 0. The molecule has 1 aliphatic heterocycles. The van der Waals surface area contributed by atoms with Gasteiger partial charge in [-0.25, -0.2) is 0 Å². The first-order chi connectivity index (χ1) is 4.81. The summed E-state index contributed by atoms with van der Waals surface area (Å²) in [5.41, 5.74) is -0.178. The third-order valence-electron chi connectivity index (χ3n) is 1.72. The Morgan fingerprint density at radius 1 is 1.09 bits per heavy atom. The molecule has 1 saturated heterocycles. The van der Waals surface area contributed by atoms with Crippen molar-refractivity contribution in [1.82, 2.24) is 5.32 Å². The zero-order chi connectivity index (χ0) is 8.70. The maximum absolute atomic E-state index is 11.1. The summed E-state index contributed by atoms with van der Waals surface area (Å²) in [6, 6.07) is 0. The minimum absolute atomic E-state index is 0.0891. The van der Waals surface area contributed by atoms with E-state index in [0.717, 1.165) is 0 Å². The smallest absolute Gasteiger partial charge is 0.169 e. The van der Waals surface area contributed by atoms with Crippen LogP contribution in [0.5, 0.6) is 0 Å². The lowest BCUT2D eigenvalue weighted by atomic mass is 9.96. The molecule has 1 heterocycles. The molecule has 0 amide bonds. The Kier molecular flexibility index (Phi) is 1.99. The van der Waals surface area contributed by atoms with Gasteiger partial charge in [0.2, 0.25) is 0 Å². The fourth-order valence-corrected chi connectivity index (χ4v) is 1.84. The van der Waals surface area contributed by atoms with Crippen molar-refractivity contribution < 1.29 is 9.78 Å². The fourth-order valence-electron chi connectivity index (χ4n) is 1.84. The van der Waals surface area contributed by atoms with E-state index in [-0.39, 0.29) is 11.1 Å². The molecule has 3 nitrogen and oxygen atoms in total. The van der Waals surface area contributed by atoms with Crippen LogP contribution in [0.1, 0.15) is 27.7 Å². The minimum atomic E-state index is -0.0891. The van der Waals surface area contributed by atoms with Crippen LogP contribution in [0.2, 0.25) is 0 Å². The van der Waals surface area contributed by atoms with Crippen LogP contribution in [-0.4, -0.2) is 24.3 Å². The molecule has 1 N–H and O–H groups in total. The Morgan fingerprint density at radius 2 is 1.45 bits per heavy atom. The summed E-state index contributed by atoms with van der Waals surface area (Å²) >= 11 is 0. The third kappa shape index (κ3) is 2.43. The zero-order valence-corrected chi connectivity index (χ0v) is 7.73. The first kappa shape index (κ1) is 8.97. The van der Waals surface area contributed by atoms with E-state index in [1.807, 2.05) is 32.2 Å². The van der Waals surface area contributed by atoms with Gasteiger partial charge in [-0.3, -0.25) is 5.32 Å². The van der Waals surface area contributed by atoms with Crippen LogP contribution in [-0.2, 0) is 4.52 Å². The maximum atomic E-state index is 11.1. The van der Waals surface area contributed by atoms with E-state index in [2.05, 4.69) is 5.32 Å². The van der Waals surface area contributed by atoms with E-state index < -0.39 is 0 Å². The van der Waals surface area contributed by atoms with Crippen LogP contribution in [0.25, 0.3) is 0 Å². The van der Waals surface area contributed by atoms with Gasteiger partial charge in [0.15, 0.2) is 13.2 Å². The van der Waals surface area contributed by atoms with E-state index >= 15 is 0 Å². The lowest BCUT2D eigenvalue weighted by Gasteiger charge is -2.45. The number of hydrogen-bond donors (Lipinski definition) is 1. The van der Waals surface area contributed by atoms with Gasteiger partial charge in [0.05, 0.1) is 11.1 Å². The van der Waals surface area contributed by atoms with Gasteiger partial charge in [-0.2, -0.15) is 0 Å². The monoisotopic (exact) mass is 159 g/mol. The maximum Gasteiger partial charge on any atom is 0.169 e. The van der Waals surface area contributed by atoms with Crippen molar-refractivity contribution >= 4 is 0 Å². The van der Waals surface area contributed by atoms with Gasteiger partial charge in [0.25, 0.3) is 0 Å². The molecule has 0 radical (unpaired) electrons. The predicted octanol–water partition coefficient (Wildman–Crippen LogP) is -0.0256. The Bertz CT molecular complexity index is 138. The summed E-state index contributed by atoms with van der Waals surface area (Å²) in [5, 5.41) is 14.5. The first-order valence-electron chi connectivity index (χ1n) is 3.95. The SMILES string of the molecule is CC1(C)C[O+]([O-])CC(C)(C)N1. The zero-order valence-electron chi connectivity index (χ0n) is 7.73. The molecule has 1 rings (SSSR count). The second-order valence-electron chi connectivity index (χ2n) is 4.62. The second kappa shape index (κ2) is 2.44. The van der Waals surface area contributed by atoms with Gasteiger partial charge in [-0.15, -0.1) is 0 Å². The minimum Gasteiger partial charge on any atom is -0.534 e. The number of nitrogens with one attached hydrogen (secondary N) is 1. The number of morpholine rings is 1. The van der Waals surface area contributed by atoms with Crippen LogP contribution in [0.3, 0.4) is 0 Å². The highest BCUT2D eigenvalue weighted by Gasteiger charge is 2.38. The molecule has 0 aromatic heterocycles. The summed E-state index contributed by atoms with van der Waals surface area (Å²) in [6.07, 6.45) is 0. The van der Waals surface area contributed by atoms with Crippen LogP contribution in [0, 0.1) is 0 Å². The normalized spacial score (nSPS) is 30.3. The molecule has 0 aliphatic carbocycles. The van der Waals surface area contributed by atoms with Gasteiger partial charge >= 0.3 is 0 Å². The molecule has 66 valence electrons. The Hall–Kier alpha value is -0.120. The first-order valence-corrected chi connectivity index (χ1v) is 3.95. The van der Waals surface area contributed by atoms with E-state index in [0.29, 0.717) is 13.2 Å². The van der Waals surface area contributed by atoms with Crippen LogP contribution >= 0.6 is 0 Å².